The van der Waals surface area contributed by atoms with Gasteiger partial charge in [0, 0.05) is 6.07 Å². The fraction of sp³-hybridized carbons (Fsp3) is 0.267. The number of ketones is 1. The van der Waals surface area contributed by atoms with E-state index in [1.807, 2.05) is 13.8 Å². The number of benzene rings is 1. The van der Waals surface area contributed by atoms with E-state index in [-0.39, 0.29) is 29.4 Å². The molecule has 4 nitrogen and oxygen atoms in total. The molecule has 0 amide bonds. The topological polar surface area (TPSA) is 52.0 Å². The minimum atomic E-state index is -0.547. The Morgan fingerprint density at radius 3 is 2.60 bits per heavy atom. The van der Waals surface area contributed by atoms with Gasteiger partial charge >= 0.3 is 0 Å². The second kappa shape index (κ2) is 5.77. The highest BCUT2D eigenvalue weighted by atomic mass is 19.1. The van der Waals surface area contributed by atoms with Crippen LogP contribution in [0.1, 0.15) is 35.9 Å². The molecular weight excluding hydrogens is 259 g/mol. The molecule has 0 spiro atoms. The molecular formula is C15H15FN2O2. The van der Waals surface area contributed by atoms with Crippen molar-refractivity contribution >= 4 is 5.78 Å². The SMILES string of the molecule is CC(C)n1nc(CC(=O)c2ccccc2F)ccc1=O. The monoisotopic (exact) mass is 274 g/mol. The van der Waals surface area contributed by atoms with Crippen LogP contribution in [0, 0.1) is 5.82 Å². The zero-order valence-corrected chi connectivity index (χ0v) is 11.3. The van der Waals surface area contributed by atoms with Crippen molar-refractivity contribution in [3.05, 3.63) is 63.8 Å². The normalized spacial score (nSPS) is 10.8. The summed E-state index contributed by atoms with van der Waals surface area (Å²) in [6.07, 6.45) is -0.0338. The van der Waals surface area contributed by atoms with Crippen LogP contribution in [-0.4, -0.2) is 15.6 Å². The molecule has 2 rings (SSSR count). The van der Waals surface area contributed by atoms with Gasteiger partial charge in [0.1, 0.15) is 5.82 Å². The summed E-state index contributed by atoms with van der Waals surface area (Å²) in [5.74, 6) is -0.903. The molecule has 0 unspecified atom stereocenters. The molecule has 5 heteroatoms. The van der Waals surface area contributed by atoms with Gasteiger partial charge in [-0.15, -0.1) is 0 Å². The lowest BCUT2D eigenvalue weighted by Crippen LogP contribution is -2.25. The number of carbonyl (C=O) groups is 1. The molecule has 0 atom stereocenters. The molecule has 0 fully saturated rings. The largest absolute Gasteiger partial charge is 0.294 e. The molecule has 20 heavy (non-hydrogen) atoms. The number of hydrogen-bond acceptors (Lipinski definition) is 3. The quantitative estimate of drug-likeness (QED) is 0.804. The second-order valence-corrected chi connectivity index (χ2v) is 4.78. The molecule has 0 aliphatic heterocycles. The van der Waals surface area contributed by atoms with E-state index in [4.69, 9.17) is 0 Å². The lowest BCUT2D eigenvalue weighted by atomic mass is 10.1. The van der Waals surface area contributed by atoms with Crippen LogP contribution in [0.2, 0.25) is 0 Å². The zero-order chi connectivity index (χ0) is 14.7. The third-order valence-electron chi connectivity index (χ3n) is 2.89. The summed E-state index contributed by atoms with van der Waals surface area (Å²) in [4.78, 5) is 23.6. The molecule has 0 bridgehead atoms. The number of Topliss-reactive ketones (excluding diaryl/α,β-unsaturated/α-hetero) is 1. The summed E-state index contributed by atoms with van der Waals surface area (Å²) >= 11 is 0. The molecule has 1 aromatic carbocycles. The smallest absolute Gasteiger partial charge is 0.266 e. The van der Waals surface area contributed by atoms with Gasteiger partial charge in [-0.1, -0.05) is 12.1 Å². The molecule has 0 N–H and O–H groups in total. The van der Waals surface area contributed by atoms with E-state index in [0.29, 0.717) is 5.69 Å². The Morgan fingerprint density at radius 2 is 1.95 bits per heavy atom. The van der Waals surface area contributed by atoms with E-state index >= 15 is 0 Å². The highest BCUT2D eigenvalue weighted by Gasteiger charge is 2.13. The van der Waals surface area contributed by atoms with Crippen molar-refractivity contribution < 1.29 is 9.18 Å². The lowest BCUT2D eigenvalue weighted by Gasteiger charge is -2.09. The number of nitrogens with zero attached hydrogens (tertiary/aromatic N) is 2. The minimum Gasteiger partial charge on any atom is -0.294 e. The number of carbonyl (C=O) groups excluding carboxylic acids is 1. The van der Waals surface area contributed by atoms with Gasteiger partial charge in [0.15, 0.2) is 5.78 Å². The van der Waals surface area contributed by atoms with E-state index in [2.05, 4.69) is 5.10 Å². The van der Waals surface area contributed by atoms with Crippen LogP contribution in [0.15, 0.2) is 41.2 Å². The molecule has 0 radical (unpaired) electrons. The molecule has 0 aliphatic rings. The number of halogens is 1. The van der Waals surface area contributed by atoms with Crippen molar-refractivity contribution in [2.75, 3.05) is 0 Å². The third-order valence-corrected chi connectivity index (χ3v) is 2.89. The van der Waals surface area contributed by atoms with Crippen molar-refractivity contribution in [1.29, 1.82) is 0 Å². The fourth-order valence-electron chi connectivity index (χ4n) is 1.88. The van der Waals surface area contributed by atoms with Crippen LogP contribution < -0.4 is 5.56 Å². The molecule has 104 valence electrons. The van der Waals surface area contributed by atoms with Crippen molar-refractivity contribution in [2.45, 2.75) is 26.3 Å². The first-order valence-electron chi connectivity index (χ1n) is 6.35. The Balaban J connectivity index is 2.27. The molecule has 1 aromatic heterocycles. The second-order valence-electron chi connectivity index (χ2n) is 4.78. The predicted octanol–water partition coefficient (Wildman–Crippen LogP) is 2.39. The Labute approximate surface area is 115 Å². The maximum Gasteiger partial charge on any atom is 0.266 e. The van der Waals surface area contributed by atoms with E-state index in [1.165, 1.54) is 35.0 Å². The average Bonchev–Trinajstić information content (AvgIpc) is 2.41. The summed E-state index contributed by atoms with van der Waals surface area (Å²) in [7, 11) is 0. The molecule has 0 aliphatic carbocycles. The first kappa shape index (κ1) is 14.1. The van der Waals surface area contributed by atoms with Crippen molar-refractivity contribution in [2.24, 2.45) is 0 Å². The average molecular weight is 274 g/mol. The van der Waals surface area contributed by atoms with Gasteiger partial charge in [0.25, 0.3) is 5.56 Å². The van der Waals surface area contributed by atoms with Crippen LogP contribution in [-0.2, 0) is 6.42 Å². The maximum atomic E-state index is 13.5. The van der Waals surface area contributed by atoms with E-state index in [9.17, 15) is 14.0 Å². The first-order valence-corrected chi connectivity index (χ1v) is 6.35. The van der Waals surface area contributed by atoms with Crippen LogP contribution in [0.5, 0.6) is 0 Å². The van der Waals surface area contributed by atoms with Gasteiger partial charge in [-0.25, -0.2) is 9.07 Å². The van der Waals surface area contributed by atoms with Crippen molar-refractivity contribution in [3.63, 3.8) is 0 Å². The molecule has 0 saturated carbocycles. The number of aromatic nitrogens is 2. The van der Waals surface area contributed by atoms with E-state index < -0.39 is 5.82 Å². The van der Waals surface area contributed by atoms with Crippen LogP contribution >= 0.6 is 0 Å². The number of hydrogen-bond donors (Lipinski definition) is 0. The molecule has 0 saturated heterocycles. The third kappa shape index (κ3) is 2.99. The van der Waals surface area contributed by atoms with E-state index in [1.54, 1.807) is 6.07 Å². The summed E-state index contributed by atoms with van der Waals surface area (Å²) in [5, 5.41) is 4.13. The van der Waals surface area contributed by atoms with Gasteiger partial charge in [0.05, 0.1) is 23.7 Å². The Hall–Kier alpha value is -2.30. The molecule has 2 aromatic rings. The minimum absolute atomic E-state index is 0.0338. The van der Waals surface area contributed by atoms with Gasteiger partial charge in [0.2, 0.25) is 0 Å². The summed E-state index contributed by atoms with van der Waals surface area (Å²) in [5.41, 5.74) is 0.269. The maximum absolute atomic E-state index is 13.5. The molecule has 1 heterocycles. The van der Waals surface area contributed by atoms with E-state index in [0.717, 1.165) is 0 Å². The Kier molecular flexibility index (Phi) is 4.08. The van der Waals surface area contributed by atoms with Crippen LogP contribution in [0.3, 0.4) is 0 Å². The van der Waals surface area contributed by atoms with Crippen molar-refractivity contribution in [1.82, 2.24) is 9.78 Å². The van der Waals surface area contributed by atoms with Crippen LogP contribution in [0.25, 0.3) is 0 Å². The van der Waals surface area contributed by atoms with Crippen molar-refractivity contribution in [3.8, 4) is 0 Å². The summed E-state index contributed by atoms with van der Waals surface area (Å²) in [6, 6.07) is 8.61. The number of rotatable bonds is 4. The summed E-state index contributed by atoms with van der Waals surface area (Å²) < 4.78 is 14.8. The van der Waals surface area contributed by atoms with Gasteiger partial charge in [-0.3, -0.25) is 9.59 Å². The first-order chi connectivity index (χ1) is 9.49. The van der Waals surface area contributed by atoms with Gasteiger partial charge < -0.3 is 0 Å². The van der Waals surface area contributed by atoms with Crippen LogP contribution in [0.4, 0.5) is 4.39 Å². The fourth-order valence-corrected chi connectivity index (χ4v) is 1.88. The standard InChI is InChI=1S/C15H15FN2O2/c1-10(2)18-15(20)8-7-11(17-18)9-14(19)12-5-3-4-6-13(12)16/h3-8,10H,9H2,1-2H3. The van der Waals surface area contributed by atoms with Gasteiger partial charge in [-0.05, 0) is 32.0 Å². The Bertz CT molecular complexity index is 692. The van der Waals surface area contributed by atoms with Gasteiger partial charge in [-0.2, -0.15) is 5.10 Å². The predicted molar refractivity (Wildman–Crippen MR) is 73.3 cm³/mol. The highest BCUT2D eigenvalue weighted by molar-refractivity contribution is 5.97. The summed E-state index contributed by atoms with van der Waals surface area (Å²) in [6.45, 7) is 3.66. The Morgan fingerprint density at radius 1 is 1.25 bits per heavy atom. The lowest BCUT2D eigenvalue weighted by molar-refractivity contribution is 0.0987. The zero-order valence-electron chi connectivity index (χ0n) is 11.3. The highest BCUT2D eigenvalue weighted by Crippen LogP contribution is 2.10.